The van der Waals surface area contributed by atoms with Gasteiger partial charge in [0.2, 0.25) is 0 Å². The summed E-state index contributed by atoms with van der Waals surface area (Å²) >= 11 is 0. The van der Waals surface area contributed by atoms with Crippen LogP contribution in [0.5, 0.6) is 0 Å². The number of rotatable bonds is 5. The van der Waals surface area contributed by atoms with Gasteiger partial charge in [-0.3, -0.25) is 4.98 Å². The summed E-state index contributed by atoms with van der Waals surface area (Å²) in [6.07, 6.45) is 12.0. The van der Waals surface area contributed by atoms with Crippen molar-refractivity contribution >= 4 is 0 Å². The van der Waals surface area contributed by atoms with Crippen LogP contribution in [0.2, 0.25) is 0 Å². The van der Waals surface area contributed by atoms with E-state index in [-0.39, 0.29) is 0 Å². The molecule has 0 amide bonds. The summed E-state index contributed by atoms with van der Waals surface area (Å²) < 4.78 is 0. The van der Waals surface area contributed by atoms with E-state index in [1.807, 2.05) is 12.4 Å². The van der Waals surface area contributed by atoms with Crippen molar-refractivity contribution in [2.45, 2.75) is 64.5 Å². The van der Waals surface area contributed by atoms with E-state index in [0.29, 0.717) is 12.1 Å². The van der Waals surface area contributed by atoms with Gasteiger partial charge in [-0.2, -0.15) is 0 Å². The first-order valence-corrected chi connectivity index (χ1v) is 7.45. The Morgan fingerprint density at radius 1 is 1.22 bits per heavy atom. The summed E-state index contributed by atoms with van der Waals surface area (Å²) in [7, 11) is 0. The lowest BCUT2D eigenvalue weighted by molar-refractivity contribution is 0.266. The smallest absolute Gasteiger partial charge is 0.0295 e. The molecule has 0 aliphatic heterocycles. The third-order valence-electron chi connectivity index (χ3n) is 4.24. The van der Waals surface area contributed by atoms with Crippen LogP contribution in [0.1, 0.15) is 64.0 Å². The highest BCUT2D eigenvalue weighted by Gasteiger charge is 2.21. The minimum atomic E-state index is 0.445. The normalized spacial score (nSPS) is 25.9. The molecule has 0 spiro atoms. The maximum atomic E-state index is 4.08. The van der Waals surface area contributed by atoms with Gasteiger partial charge in [-0.1, -0.05) is 19.8 Å². The molecular weight excluding hydrogens is 220 g/mol. The first kappa shape index (κ1) is 13.5. The fraction of sp³-hybridized carbons (Fsp3) is 0.688. The van der Waals surface area contributed by atoms with E-state index in [2.05, 4.69) is 36.3 Å². The predicted octanol–water partition coefficient (Wildman–Crippen LogP) is 4.09. The highest BCUT2D eigenvalue weighted by atomic mass is 14.9. The Hall–Kier alpha value is -0.890. The van der Waals surface area contributed by atoms with Crippen molar-refractivity contribution in [1.82, 2.24) is 10.3 Å². The fourth-order valence-electron chi connectivity index (χ4n) is 3.13. The molecule has 1 fully saturated rings. The van der Waals surface area contributed by atoms with Gasteiger partial charge in [0.05, 0.1) is 0 Å². The minimum absolute atomic E-state index is 0.445. The number of nitrogens with one attached hydrogen (secondary N) is 1. The topological polar surface area (TPSA) is 24.9 Å². The van der Waals surface area contributed by atoms with Gasteiger partial charge in [-0.05, 0) is 56.2 Å². The molecule has 1 aliphatic carbocycles. The van der Waals surface area contributed by atoms with Crippen molar-refractivity contribution in [3.63, 3.8) is 0 Å². The highest BCUT2D eigenvalue weighted by Crippen LogP contribution is 2.28. The van der Waals surface area contributed by atoms with Crippen LogP contribution < -0.4 is 5.32 Å². The first-order valence-electron chi connectivity index (χ1n) is 7.45. The third kappa shape index (κ3) is 3.81. The Morgan fingerprint density at radius 3 is 2.50 bits per heavy atom. The van der Waals surface area contributed by atoms with E-state index in [4.69, 9.17) is 0 Å². The zero-order valence-corrected chi connectivity index (χ0v) is 11.7. The second-order valence-corrected chi connectivity index (χ2v) is 5.68. The van der Waals surface area contributed by atoms with E-state index in [9.17, 15) is 0 Å². The molecule has 18 heavy (non-hydrogen) atoms. The molecule has 1 atom stereocenters. The van der Waals surface area contributed by atoms with Gasteiger partial charge in [0.15, 0.2) is 0 Å². The Morgan fingerprint density at radius 2 is 1.89 bits per heavy atom. The monoisotopic (exact) mass is 246 g/mol. The van der Waals surface area contributed by atoms with Crippen molar-refractivity contribution in [2.75, 3.05) is 0 Å². The Bertz CT molecular complexity index is 328. The van der Waals surface area contributed by atoms with Gasteiger partial charge >= 0.3 is 0 Å². The molecule has 1 aromatic rings. The Kier molecular flexibility index (Phi) is 5.18. The van der Waals surface area contributed by atoms with E-state index in [0.717, 1.165) is 5.92 Å². The second kappa shape index (κ2) is 6.89. The van der Waals surface area contributed by atoms with Crippen LogP contribution >= 0.6 is 0 Å². The van der Waals surface area contributed by atoms with Crippen LogP contribution in [0.15, 0.2) is 24.5 Å². The molecule has 0 radical (unpaired) electrons. The molecule has 2 rings (SSSR count). The first-order chi connectivity index (χ1) is 8.79. The van der Waals surface area contributed by atoms with Gasteiger partial charge in [0, 0.05) is 24.5 Å². The zero-order chi connectivity index (χ0) is 12.8. The SMILES string of the molecule is CCCC1CCC(N[C@@H](C)c2ccncc2)CC1. The Balaban J connectivity index is 1.78. The standard InChI is InChI=1S/C16H26N2/c1-3-4-14-5-7-16(8-6-14)18-13(2)15-9-11-17-12-10-15/h9-14,16,18H,3-8H2,1-2H3/t13-,14?,16?/m0/s1. The van der Waals surface area contributed by atoms with Crippen LogP contribution in [-0.2, 0) is 0 Å². The van der Waals surface area contributed by atoms with Crippen molar-refractivity contribution in [1.29, 1.82) is 0 Å². The summed E-state index contributed by atoms with van der Waals surface area (Å²) in [5.41, 5.74) is 1.35. The molecule has 0 saturated heterocycles. The largest absolute Gasteiger partial charge is 0.307 e. The molecular formula is C16H26N2. The van der Waals surface area contributed by atoms with E-state index in [1.165, 1.54) is 44.1 Å². The third-order valence-corrected chi connectivity index (χ3v) is 4.24. The molecule has 1 aliphatic rings. The average molecular weight is 246 g/mol. The van der Waals surface area contributed by atoms with Crippen molar-refractivity contribution < 1.29 is 0 Å². The van der Waals surface area contributed by atoms with Crippen LogP contribution in [-0.4, -0.2) is 11.0 Å². The summed E-state index contributed by atoms with van der Waals surface area (Å²) in [5.74, 6) is 0.990. The molecule has 1 heterocycles. The van der Waals surface area contributed by atoms with Crippen LogP contribution in [0.25, 0.3) is 0 Å². The number of hydrogen-bond donors (Lipinski definition) is 1. The molecule has 1 saturated carbocycles. The van der Waals surface area contributed by atoms with Crippen LogP contribution in [0.4, 0.5) is 0 Å². The minimum Gasteiger partial charge on any atom is -0.307 e. The average Bonchev–Trinajstić information content (AvgIpc) is 2.42. The molecule has 1 N–H and O–H groups in total. The molecule has 1 aromatic heterocycles. The number of hydrogen-bond acceptors (Lipinski definition) is 2. The van der Waals surface area contributed by atoms with E-state index >= 15 is 0 Å². The van der Waals surface area contributed by atoms with Crippen molar-refractivity contribution in [3.05, 3.63) is 30.1 Å². The number of nitrogens with zero attached hydrogens (tertiary/aromatic N) is 1. The summed E-state index contributed by atoms with van der Waals surface area (Å²) in [5, 5.41) is 3.77. The lowest BCUT2D eigenvalue weighted by Gasteiger charge is -2.31. The summed E-state index contributed by atoms with van der Waals surface area (Å²) in [4.78, 5) is 4.08. The second-order valence-electron chi connectivity index (χ2n) is 5.68. The van der Waals surface area contributed by atoms with Crippen molar-refractivity contribution in [2.24, 2.45) is 5.92 Å². The van der Waals surface area contributed by atoms with E-state index in [1.54, 1.807) is 0 Å². The van der Waals surface area contributed by atoms with Gasteiger partial charge in [0.25, 0.3) is 0 Å². The summed E-state index contributed by atoms with van der Waals surface area (Å²) in [6, 6.07) is 5.38. The molecule has 100 valence electrons. The molecule has 2 nitrogen and oxygen atoms in total. The molecule has 2 heteroatoms. The zero-order valence-electron chi connectivity index (χ0n) is 11.7. The maximum absolute atomic E-state index is 4.08. The lowest BCUT2D eigenvalue weighted by Crippen LogP contribution is -2.35. The van der Waals surface area contributed by atoms with Crippen LogP contribution in [0.3, 0.4) is 0 Å². The Labute approximate surface area is 111 Å². The van der Waals surface area contributed by atoms with E-state index < -0.39 is 0 Å². The molecule has 0 aromatic carbocycles. The highest BCUT2D eigenvalue weighted by molar-refractivity contribution is 5.14. The molecule has 0 unspecified atom stereocenters. The molecule has 0 bridgehead atoms. The van der Waals surface area contributed by atoms with Gasteiger partial charge < -0.3 is 5.32 Å². The fourth-order valence-corrected chi connectivity index (χ4v) is 3.13. The number of aromatic nitrogens is 1. The van der Waals surface area contributed by atoms with Gasteiger partial charge in [-0.25, -0.2) is 0 Å². The van der Waals surface area contributed by atoms with Gasteiger partial charge in [-0.15, -0.1) is 0 Å². The maximum Gasteiger partial charge on any atom is 0.0295 e. The predicted molar refractivity (Wildman–Crippen MR) is 76.4 cm³/mol. The lowest BCUT2D eigenvalue weighted by atomic mass is 9.83. The summed E-state index contributed by atoms with van der Waals surface area (Å²) in [6.45, 7) is 4.56. The van der Waals surface area contributed by atoms with Crippen LogP contribution in [0, 0.1) is 5.92 Å². The number of pyridine rings is 1. The quantitative estimate of drug-likeness (QED) is 0.846. The van der Waals surface area contributed by atoms with Crippen molar-refractivity contribution in [3.8, 4) is 0 Å². The van der Waals surface area contributed by atoms with Gasteiger partial charge in [0.1, 0.15) is 0 Å².